The molecule has 0 saturated carbocycles. The van der Waals surface area contributed by atoms with Gasteiger partial charge >= 0.3 is 0 Å². The van der Waals surface area contributed by atoms with Crippen molar-refractivity contribution in [1.82, 2.24) is 4.90 Å². The average molecular weight is 262 g/mol. The normalized spacial score (nSPS) is 24.3. The van der Waals surface area contributed by atoms with E-state index in [4.69, 9.17) is 4.74 Å². The molecule has 2 aliphatic rings. The number of phenolic OH excluding ortho intramolecular Hbond substituents is 1. The summed E-state index contributed by atoms with van der Waals surface area (Å²) in [4.78, 5) is 2.30. The van der Waals surface area contributed by atoms with Gasteiger partial charge in [0.15, 0.2) is 11.5 Å². The van der Waals surface area contributed by atoms with Crippen LogP contribution in [0.2, 0.25) is 0 Å². The number of phenols is 1. The molecule has 0 aromatic heterocycles. The maximum absolute atomic E-state index is 10.3. The van der Waals surface area contributed by atoms with E-state index in [1.165, 1.54) is 5.56 Å². The second-order valence-electron chi connectivity index (χ2n) is 5.21. The molecule has 0 radical (unpaired) electrons. The van der Waals surface area contributed by atoms with Crippen molar-refractivity contribution in [3.05, 3.63) is 22.8 Å². The van der Waals surface area contributed by atoms with E-state index in [0.29, 0.717) is 29.5 Å². The molecule has 3 rings (SSSR count). The van der Waals surface area contributed by atoms with Crippen molar-refractivity contribution in [3.8, 4) is 11.5 Å². The van der Waals surface area contributed by atoms with Crippen LogP contribution in [-0.4, -0.2) is 41.6 Å². The number of nitrogens with zero attached hydrogens (tertiary/aromatic N) is 2. The molecule has 1 aromatic rings. The quantitative estimate of drug-likeness (QED) is 0.599. The van der Waals surface area contributed by atoms with E-state index in [2.05, 4.69) is 17.1 Å². The second kappa shape index (κ2) is 4.42. The fourth-order valence-electron chi connectivity index (χ4n) is 3.29. The van der Waals surface area contributed by atoms with Gasteiger partial charge in [-0.25, -0.2) is 0 Å². The molecule has 5 heteroatoms. The number of aromatic hydroxyl groups is 1. The molecule has 1 aromatic carbocycles. The highest BCUT2D eigenvalue weighted by Gasteiger charge is 2.36. The molecular weight excluding hydrogens is 244 g/mol. The Balaban J connectivity index is 2.29. The average Bonchev–Trinajstić information content (AvgIpc) is 2.44. The summed E-state index contributed by atoms with van der Waals surface area (Å²) in [5, 5.41) is 22.9. The van der Waals surface area contributed by atoms with E-state index in [0.717, 1.165) is 24.9 Å². The van der Waals surface area contributed by atoms with Crippen molar-refractivity contribution in [2.24, 2.45) is 5.16 Å². The molecule has 1 aliphatic carbocycles. The number of rotatable bonds is 1. The van der Waals surface area contributed by atoms with Gasteiger partial charge in [0.05, 0.1) is 18.4 Å². The van der Waals surface area contributed by atoms with Gasteiger partial charge in [0.2, 0.25) is 0 Å². The minimum Gasteiger partial charge on any atom is -0.504 e. The lowest BCUT2D eigenvalue weighted by molar-refractivity contribution is 0.215. The Bertz CT molecular complexity index is 554. The number of methoxy groups -OCH3 is 1. The Labute approximate surface area is 112 Å². The molecule has 1 unspecified atom stereocenters. The SMILES string of the molecule is COc1cc2c3c(c1O)/C(=N\O)CCC3N(C)CC2. The molecule has 0 saturated heterocycles. The summed E-state index contributed by atoms with van der Waals surface area (Å²) in [6.07, 6.45) is 2.50. The fraction of sp³-hybridized carbons (Fsp3) is 0.500. The highest BCUT2D eigenvalue weighted by molar-refractivity contribution is 6.06. The van der Waals surface area contributed by atoms with Gasteiger partial charge in [0, 0.05) is 12.6 Å². The van der Waals surface area contributed by atoms with Crippen LogP contribution in [0.1, 0.15) is 35.6 Å². The zero-order valence-corrected chi connectivity index (χ0v) is 11.2. The first kappa shape index (κ1) is 12.3. The van der Waals surface area contributed by atoms with Crippen molar-refractivity contribution in [1.29, 1.82) is 0 Å². The van der Waals surface area contributed by atoms with Crippen molar-refractivity contribution in [2.75, 3.05) is 20.7 Å². The van der Waals surface area contributed by atoms with Gasteiger partial charge in [-0.1, -0.05) is 5.16 Å². The van der Waals surface area contributed by atoms with Gasteiger partial charge in [-0.2, -0.15) is 0 Å². The molecule has 5 nitrogen and oxygen atoms in total. The summed E-state index contributed by atoms with van der Waals surface area (Å²) in [5.74, 6) is 0.550. The van der Waals surface area contributed by atoms with Gasteiger partial charge in [-0.15, -0.1) is 0 Å². The summed E-state index contributed by atoms with van der Waals surface area (Å²) in [6.45, 7) is 0.997. The lowest BCUT2D eigenvalue weighted by Crippen LogP contribution is -2.36. The largest absolute Gasteiger partial charge is 0.504 e. The summed E-state index contributed by atoms with van der Waals surface area (Å²) < 4.78 is 5.23. The molecule has 1 atom stereocenters. The summed E-state index contributed by atoms with van der Waals surface area (Å²) >= 11 is 0. The predicted molar refractivity (Wildman–Crippen MR) is 71.3 cm³/mol. The lowest BCUT2D eigenvalue weighted by Gasteiger charge is -2.39. The van der Waals surface area contributed by atoms with Crippen LogP contribution < -0.4 is 4.74 Å². The van der Waals surface area contributed by atoms with E-state index >= 15 is 0 Å². The molecule has 0 fully saturated rings. The number of hydrogen-bond acceptors (Lipinski definition) is 5. The molecule has 0 spiro atoms. The van der Waals surface area contributed by atoms with Crippen LogP contribution in [-0.2, 0) is 6.42 Å². The van der Waals surface area contributed by atoms with Crippen molar-refractivity contribution in [3.63, 3.8) is 0 Å². The van der Waals surface area contributed by atoms with Crippen molar-refractivity contribution >= 4 is 5.71 Å². The number of ether oxygens (including phenoxy) is 1. The Morgan fingerprint density at radius 3 is 2.89 bits per heavy atom. The van der Waals surface area contributed by atoms with Gasteiger partial charge in [-0.05, 0) is 43.5 Å². The first-order valence-electron chi connectivity index (χ1n) is 6.51. The number of oxime groups is 1. The van der Waals surface area contributed by atoms with Gasteiger partial charge in [0.1, 0.15) is 0 Å². The third-order valence-corrected chi connectivity index (χ3v) is 4.27. The standard InChI is InChI=1S/C14H18N2O3/c1-16-6-5-8-7-11(19-2)14(17)13-9(15-18)3-4-10(16)12(8)13/h7,10,17-18H,3-6H2,1-2H3/b15-9-. The molecule has 19 heavy (non-hydrogen) atoms. The number of likely N-dealkylation sites (N-methyl/N-ethyl adjacent to an activating group) is 1. The lowest BCUT2D eigenvalue weighted by atomic mass is 9.79. The minimum atomic E-state index is 0.0917. The summed E-state index contributed by atoms with van der Waals surface area (Å²) in [7, 11) is 3.64. The van der Waals surface area contributed by atoms with Crippen molar-refractivity contribution < 1.29 is 15.1 Å². The maximum Gasteiger partial charge on any atom is 0.167 e. The van der Waals surface area contributed by atoms with Crippen LogP contribution in [0.15, 0.2) is 11.2 Å². The van der Waals surface area contributed by atoms with Crippen LogP contribution in [0.3, 0.4) is 0 Å². The zero-order chi connectivity index (χ0) is 13.6. The van der Waals surface area contributed by atoms with E-state index in [-0.39, 0.29) is 5.75 Å². The predicted octanol–water partition coefficient (Wildman–Crippen LogP) is 1.90. The summed E-state index contributed by atoms with van der Waals surface area (Å²) in [5.41, 5.74) is 3.51. The Morgan fingerprint density at radius 1 is 1.42 bits per heavy atom. The molecule has 102 valence electrons. The van der Waals surface area contributed by atoms with Gasteiger partial charge in [0.25, 0.3) is 0 Å². The molecule has 0 bridgehead atoms. The number of hydrogen-bond donors (Lipinski definition) is 2. The van der Waals surface area contributed by atoms with E-state index in [1.807, 2.05) is 6.07 Å². The van der Waals surface area contributed by atoms with Gasteiger partial charge < -0.3 is 15.1 Å². The van der Waals surface area contributed by atoms with Crippen molar-refractivity contribution in [2.45, 2.75) is 25.3 Å². The van der Waals surface area contributed by atoms with Crippen LogP contribution in [0, 0.1) is 0 Å². The first-order valence-corrected chi connectivity index (χ1v) is 6.51. The second-order valence-corrected chi connectivity index (χ2v) is 5.21. The highest BCUT2D eigenvalue weighted by Crippen LogP contribution is 2.46. The van der Waals surface area contributed by atoms with Crippen LogP contribution in [0.4, 0.5) is 0 Å². The molecular formula is C14H18N2O3. The molecule has 1 heterocycles. The van der Waals surface area contributed by atoms with Crippen LogP contribution in [0.5, 0.6) is 11.5 Å². The third-order valence-electron chi connectivity index (χ3n) is 4.27. The highest BCUT2D eigenvalue weighted by atomic mass is 16.5. The monoisotopic (exact) mass is 262 g/mol. The molecule has 2 N–H and O–H groups in total. The smallest absolute Gasteiger partial charge is 0.167 e. The third kappa shape index (κ3) is 1.69. The summed E-state index contributed by atoms with van der Waals surface area (Å²) in [6, 6.07) is 2.20. The Hall–Kier alpha value is -1.75. The maximum atomic E-state index is 10.3. The minimum absolute atomic E-state index is 0.0917. The molecule has 0 amide bonds. The fourth-order valence-corrected chi connectivity index (χ4v) is 3.29. The van der Waals surface area contributed by atoms with Crippen LogP contribution in [0.25, 0.3) is 0 Å². The first-order chi connectivity index (χ1) is 9.17. The Morgan fingerprint density at radius 2 is 2.21 bits per heavy atom. The Kier molecular flexibility index (Phi) is 2.86. The topological polar surface area (TPSA) is 65.3 Å². The number of benzene rings is 1. The molecule has 1 aliphatic heterocycles. The van der Waals surface area contributed by atoms with E-state index in [9.17, 15) is 10.3 Å². The van der Waals surface area contributed by atoms with Crippen LogP contribution >= 0.6 is 0 Å². The van der Waals surface area contributed by atoms with E-state index < -0.39 is 0 Å². The zero-order valence-electron chi connectivity index (χ0n) is 11.2. The van der Waals surface area contributed by atoms with E-state index in [1.54, 1.807) is 7.11 Å². The van der Waals surface area contributed by atoms with Gasteiger partial charge in [-0.3, -0.25) is 4.90 Å².